The van der Waals surface area contributed by atoms with Gasteiger partial charge in [0.2, 0.25) is 0 Å². The summed E-state index contributed by atoms with van der Waals surface area (Å²) in [5.41, 5.74) is 0. The average molecular weight is 164 g/mol. The van der Waals surface area contributed by atoms with Crippen molar-refractivity contribution in [1.82, 2.24) is 5.32 Å². The van der Waals surface area contributed by atoms with Gasteiger partial charge in [0.15, 0.2) is 0 Å². The molecule has 0 aromatic rings. The Morgan fingerprint density at radius 2 is 2.29 bits per heavy atom. The molecule has 0 aromatic heterocycles. The predicted molar refractivity (Wildman–Crippen MR) is 34.8 cm³/mol. The van der Waals surface area contributed by atoms with E-state index in [1.54, 1.807) is 0 Å². The minimum absolute atomic E-state index is 0.873. The molecule has 1 N–H and O–H groups in total. The highest BCUT2D eigenvalue weighted by Gasteiger charge is 2.18. The lowest BCUT2D eigenvalue weighted by Gasteiger charge is -1.93. The Kier molecular flexibility index (Phi) is 2.13. The molecule has 1 aliphatic rings. The number of hydrogen-bond donors (Lipinski definition) is 1. The molecule has 1 saturated carbocycles. The number of rotatable bonds is 3. The van der Waals surface area contributed by atoms with E-state index in [4.69, 9.17) is 0 Å². The Bertz CT molecular complexity index is 52.0. The molecule has 1 rings (SSSR count). The van der Waals surface area contributed by atoms with E-state index in [1.807, 2.05) is 0 Å². The van der Waals surface area contributed by atoms with Crippen LogP contribution in [0.15, 0.2) is 0 Å². The van der Waals surface area contributed by atoms with Gasteiger partial charge in [0.05, 0.1) is 0 Å². The lowest BCUT2D eigenvalue weighted by molar-refractivity contribution is 0.728. The van der Waals surface area contributed by atoms with Gasteiger partial charge in [-0.05, 0) is 12.8 Å². The first-order valence-corrected chi connectivity index (χ1v) is 3.85. The second-order valence-corrected chi connectivity index (χ2v) is 2.71. The second-order valence-electron chi connectivity index (χ2n) is 1.92. The summed E-state index contributed by atoms with van der Waals surface area (Å²) in [5.74, 6) is 0. The molecule has 42 valence electrons. The van der Waals surface area contributed by atoms with Crippen LogP contribution in [0.2, 0.25) is 0 Å². The summed E-state index contributed by atoms with van der Waals surface area (Å²) >= 11 is 3.34. The van der Waals surface area contributed by atoms with Crippen molar-refractivity contribution in [3.8, 4) is 0 Å². The highest BCUT2D eigenvalue weighted by atomic mass is 79.9. The maximum absolute atomic E-state index is 3.36. The van der Waals surface area contributed by atoms with Crippen LogP contribution in [0, 0.1) is 0 Å². The maximum atomic E-state index is 3.36. The molecule has 1 nitrogen and oxygen atoms in total. The van der Waals surface area contributed by atoms with Gasteiger partial charge in [0.1, 0.15) is 0 Å². The average Bonchev–Trinajstić information content (AvgIpc) is 2.42. The summed E-state index contributed by atoms with van der Waals surface area (Å²) in [6, 6.07) is 0.873. The highest BCUT2D eigenvalue weighted by molar-refractivity contribution is 9.09. The summed E-state index contributed by atoms with van der Waals surface area (Å²) in [5, 5.41) is 4.45. The maximum Gasteiger partial charge on any atom is 0.0157 e. The normalized spacial score (nSPS) is 20.1. The van der Waals surface area contributed by atoms with E-state index in [9.17, 15) is 0 Å². The Labute approximate surface area is 52.6 Å². The van der Waals surface area contributed by atoms with Gasteiger partial charge < -0.3 is 5.32 Å². The molecular weight excluding hydrogens is 154 g/mol. The van der Waals surface area contributed by atoms with Crippen LogP contribution in [-0.4, -0.2) is 17.9 Å². The second kappa shape index (κ2) is 2.68. The molecule has 0 spiro atoms. The Morgan fingerprint density at radius 3 is 2.71 bits per heavy atom. The molecule has 1 fully saturated rings. The molecule has 7 heavy (non-hydrogen) atoms. The molecule has 0 amide bonds. The van der Waals surface area contributed by atoms with Crippen LogP contribution < -0.4 is 5.32 Å². The largest absolute Gasteiger partial charge is 0.313 e. The summed E-state index contributed by atoms with van der Waals surface area (Å²) in [6.45, 7) is 1.13. The van der Waals surface area contributed by atoms with Gasteiger partial charge in [-0.2, -0.15) is 0 Å². The standard InChI is InChI=1S/C5H10BrN/c6-3-4-7-5-1-2-5/h5,7H,1-4H2. The van der Waals surface area contributed by atoms with Crippen LogP contribution in [0.25, 0.3) is 0 Å². The van der Waals surface area contributed by atoms with Gasteiger partial charge in [0.25, 0.3) is 0 Å². The first kappa shape index (κ1) is 5.57. The monoisotopic (exact) mass is 163 g/mol. The fraction of sp³-hybridized carbons (Fsp3) is 1.00. The Hall–Kier alpha value is 0.440. The number of hydrogen-bond acceptors (Lipinski definition) is 1. The summed E-state index contributed by atoms with van der Waals surface area (Å²) in [6.07, 6.45) is 2.79. The zero-order valence-electron chi connectivity index (χ0n) is 4.28. The van der Waals surface area contributed by atoms with Crippen LogP contribution in [-0.2, 0) is 0 Å². The molecular formula is C5H10BrN. The van der Waals surface area contributed by atoms with Crippen LogP contribution >= 0.6 is 15.9 Å². The Morgan fingerprint density at radius 1 is 1.57 bits per heavy atom. The zero-order valence-corrected chi connectivity index (χ0v) is 5.87. The van der Waals surface area contributed by atoms with Gasteiger partial charge in [-0.25, -0.2) is 0 Å². The van der Waals surface area contributed by atoms with E-state index >= 15 is 0 Å². The van der Waals surface area contributed by atoms with Gasteiger partial charge in [-0.1, -0.05) is 15.9 Å². The van der Waals surface area contributed by atoms with Crippen molar-refractivity contribution >= 4 is 15.9 Å². The van der Waals surface area contributed by atoms with Crippen molar-refractivity contribution in [2.75, 3.05) is 11.9 Å². The van der Waals surface area contributed by atoms with Gasteiger partial charge in [-0.3, -0.25) is 0 Å². The molecule has 0 heterocycles. The minimum Gasteiger partial charge on any atom is -0.313 e. The quantitative estimate of drug-likeness (QED) is 0.616. The summed E-state index contributed by atoms with van der Waals surface area (Å²) in [4.78, 5) is 0. The molecule has 0 unspecified atom stereocenters. The molecule has 0 saturated heterocycles. The van der Waals surface area contributed by atoms with Crippen LogP contribution in [0.3, 0.4) is 0 Å². The van der Waals surface area contributed by atoms with E-state index in [-0.39, 0.29) is 0 Å². The third-order valence-electron chi connectivity index (χ3n) is 1.10. The van der Waals surface area contributed by atoms with Crippen LogP contribution in [0.5, 0.6) is 0 Å². The zero-order chi connectivity index (χ0) is 5.11. The number of alkyl halides is 1. The smallest absolute Gasteiger partial charge is 0.0157 e. The highest BCUT2D eigenvalue weighted by Crippen LogP contribution is 2.17. The lowest BCUT2D eigenvalue weighted by Crippen LogP contribution is -2.17. The van der Waals surface area contributed by atoms with E-state index in [0.29, 0.717) is 0 Å². The van der Waals surface area contributed by atoms with Crippen molar-refractivity contribution in [3.63, 3.8) is 0 Å². The number of nitrogens with one attached hydrogen (secondary N) is 1. The topological polar surface area (TPSA) is 12.0 Å². The molecule has 0 bridgehead atoms. The molecule has 2 heteroatoms. The van der Waals surface area contributed by atoms with Crippen molar-refractivity contribution in [2.24, 2.45) is 0 Å². The summed E-state index contributed by atoms with van der Waals surface area (Å²) in [7, 11) is 0. The van der Waals surface area contributed by atoms with E-state index in [2.05, 4.69) is 21.2 Å². The molecule has 0 atom stereocenters. The Balaban J connectivity index is 1.80. The first-order valence-electron chi connectivity index (χ1n) is 2.73. The van der Waals surface area contributed by atoms with Crippen molar-refractivity contribution in [2.45, 2.75) is 18.9 Å². The van der Waals surface area contributed by atoms with Crippen molar-refractivity contribution < 1.29 is 0 Å². The molecule has 0 aromatic carbocycles. The third-order valence-corrected chi connectivity index (χ3v) is 1.50. The van der Waals surface area contributed by atoms with E-state index < -0.39 is 0 Å². The SMILES string of the molecule is BrCCNC1CC1. The predicted octanol–water partition coefficient (Wildman–Crippen LogP) is 1.13. The van der Waals surface area contributed by atoms with Gasteiger partial charge in [0, 0.05) is 17.9 Å². The van der Waals surface area contributed by atoms with Gasteiger partial charge >= 0.3 is 0 Å². The van der Waals surface area contributed by atoms with E-state index in [0.717, 1.165) is 17.9 Å². The van der Waals surface area contributed by atoms with E-state index in [1.165, 1.54) is 12.8 Å². The molecule has 1 aliphatic carbocycles. The van der Waals surface area contributed by atoms with Crippen LogP contribution in [0.1, 0.15) is 12.8 Å². The fourth-order valence-corrected chi connectivity index (χ4v) is 0.775. The first-order chi connectivity index (χ1) is 3.43. The number of halogens is 1. The van der Waals surface area contributed by atoms with Crippen molar-refractivity contribution in [3.05, 3.63) is 0 Å². The van der Waals surface area contributed by atoms with Crippen molar-refractivity contribution in [1.29, 1.82) is 0 Å². The van der Waals surface area contributed by atoms with Crippen LogP contribution in [0.4, 0.5) is 0 Å². The third kappa shape index (κ3) is 2.29. The molecule has 0 radical (unpaired) electrons. The fourth-order valence-electron chi connectivity index (χ4n) is 0.546. The van der Waals surface area contributed by atoms with Gasteiger partial charge in [-0.15, -0.1) is 0 Å². The lowest BCUT2D eigenvalue weighted by atomic mass is 10.6. The summed E-state index contributed by atoms with van der Waals surface area (Å²) < 4.78 is 0. The molecule has 0 aliphatic heterocycles. The minimum atomic E-state index is 0.873.